The first kappa shape index (κ1) is 21.4. The Morgan fingerprint density at radius 2 is 1.75 bits per heavy atom. The van der Waals surface area contributed by atoms with Crippen LogP contribution in [0, 0.1) is 6.92 Å². The van der Waals surface area contributed by atoms with Crippen molar-refractivity contribution in [1.29, 1.82) is 0 Å². The molecule has 0 amide bonds. The summed E-state index contributed by atoms with van der Waals surface area (Å²) >= 11 is 0.838. The van der Waals surface area contributed by atoms with Crippen LogP contribution < -0.4 is 0 Å². The number of carbonyl (C=O) groups is 4. The van der Waals surface area contributed by atoms with E-state index in [1.54, 1.807) is 44.2 Å². The Morgan fingerprint density at radius 3 is 2.36 bits per heavy atom. The molecule has 1 N–H and O–H groups in total. The number of benzene rings is 1. The number of thioether (sulfide) groups is 1. The van der Waals surface area contributed by atoms with E-state index >= 15 is 0 Å². The number of hydrogen-bond donors (Lipinski definition) is 1. The van der Waals surface area contributed by atoms with Crippen molar-refractivity contribution in [3.05, 3.63) is 58.4 Å². The second-order valence-corrected chi connectivity index (χ2v) is 6.81. The molecule has 2 aromatic rings. The van der Waals surface area contributed by atoms with Gasteiger partial charge in [0.15, 0.2) is 5.78 Å². The van der Waals surface area contributed by atoms with Gasteiger partial charge in [0.25, 0.3) is 0 Å². The van der Waals surface area contributed by atoms with E-state index in [1.807, 2.05) is 0 Å². The molecular weight excluding hydrogens is 382 g/mol. The molecule has 0 atom stereocenters. The van der Waals surface area contributed by atoms with Gasteiger partial charge in [0.1, 0.15) is 12.3 Å². The summed E-state index contributed by atoms with van der Waals surface area (Å²) < 4.78 is 10.1. The normalized spacial score (nSPS) is 10.4. The predicted molar refractivity (Wildman–Crippen MR) is 105 cm³/mol. The third-order valence-electron chi connectivity index (χ3n) is 3.87. The smallest absolute Gasteiger partial charge is 0.355 e. The van der Waals surface area contributed by atoms with Gasteiger partial charge < -0.3 is 14.5 Å². The third-order valence-corrected chi connectivity index (χ3v) is 4.75. The number of ketones is 1. The lowest BCUT2D eigenvalue weighted by atomic mass is 10.1. The molecule has 1 heterocycles. The van der Waals surface area contributed by atoms with Crippen LogP contribution in [0.25, 0.3) is 0 Å². The number of Topliss-reactive ketones (excluding diaryl/α,β-unsaturated/α-hetero) is 1. The summed E-state index contributed by atoms with van der Waals surface area (Å²) in [6, 6.07) is 8.61. The van der Waals surface area contributed by atoms with Crippen LogP contribution in [-0.4, -0.2) is 40.2 Å². The Bertz CT molecular complexity index is 888. The van der Waals surface area contributed by atoms with Crippen LogP contribution in [0.3, 0.4) is 0 Å². The lowest BCUT2D eigenvalue weighted by Crippen LogP contribution is -2.11. The van der Waals surface area contributed by atoms with Gasteiger partial charge in [-0.3, -0.25) is 14.4 Å². The lowest BCUT2D eigenvalue weighted by Gasteiger charge is -2.05. The van der Waals surface area contributed by atoms with Crippen molar-refractivity contribution >= 4 is 34.6 Å². The fraction of sp³-hybridized carbons (Fsp3) is 0.300. The summed E-state index contributed by atoms with van der Waals surface area (Å²) in [4.78, 5) is 50.7. The first-order chi connectivity index (χ1) is 13.3. The molecule has 0 bridgehead atoms. The van der Waals surface area contributed by atoms with Gasteiger partial charge in [-0.1, -0.05) is 42.1 Å². The van der Waals surface area contributed by atoms with Crippen molar-refractivity contribution in [2.24, 2.45) is 0 Å². The molecule has 0 unspecified atom stereocenters. The molecule has 1 aromatic heterocycles. The van der Waals surface area contributed by atoms with Gasteiger partial charge in [0.2, 0.25) is 5.12 Å². The Labute approximate surface area is 166 Å². The van der Waals surface area contributed by atoms with Crippen LogP contribution in [-0.2, 0) is 20.9 Å². The highest BCUT2D eigenvalue weighted by Crippen LogP contribution is 2.21. The summed E-state index contributed by atoms with van der Waals surface area (Å²) in [5, 5.41) is -0.234. The topological polar surface area (TPSA) is 103 Å². The number of rotatable bonds is 8. The second kappa shape index (κ2) is 9.89. The molecule has 0 aliphatic carbocycles. The monoisotopic (exact) mass is 403 g/mol. The van der Waals surface area contributed by atoms with Crippen LogP contribution in [0.15, 0.2) is 30.3 Å². The fourth-order valence-corrected chi connectivity index (χ4v) is 3.26. The third kappa shape index (κ3) is 5.32. The Morgan fingerprint density at radius 1 is 1.07 bits per heavy atom. The second-order valence-electron chi connectivity index (χ2n) is 5.86. The maximum Gasteiger partial charge on any atom is 0.355 e. The van der Waals surface area contributed by atoms with Crippen molar-refractivity contribution in [2.45, 2.75) is 27.4 Å². The highest BCUT2D eigenvalue weighted by Gasteiger charge is 2.23. The summed E-state index contributed by atoms with van der Waals surface area (Å²) in [5.41, 5.74) is 1.72. The van der Waals surface area contributed by atoms with Crippen LogP contribution >= 0.6 is 11.8 Å². The average molecular weight is 403 g/mol. The minimum atomic E-state index is -0.603. The molecule has 0 spiro atoms. The van der Waals surface area contributed by atoms with E-state index in [4.69, 9.17) is 9.47 Å². The molecule has 0 aliphatic heterocycles. The molecule has 1 aromatic carbocycles. The van der Waals surface area contributed by atoms with Gasteiger partial charge in [-0.2, -0.15) is 0 Å². The van der Waals surface area contributed by atoms with Crippen LogP contribution in [0.1, 0.15) is 56.3 Å². The van der Waals surface area contributed by atoms with E-state index in [2.05, 4.69) is 4.98 Å². The van der Waals surface area contributed by atoms with E-state index in [0.29, 0.717) is 22.4 Å². The zero-order valence-electron chi connectivity index (χ0n) is 15.9. The zero-order valence-corrected chi connectivity index (χ0v) is 16.7. The molecule has 8 heteroatoms. The van der Waals surface area contributed by atoms with E-state index in [-0.39, 0.29) is 35.6 Å². The number of hydrogen-bond acceptors (Lipinski definition) is 7. The van der Waals surface area contributed by atoms with Crippen LogP contribution in [0.2, 0.25) is 0 Å². The van der Waals surface area contributed by atoms with Crippen LogP contribution in [0.5, 0.6) is 0 Å². The highest BCUT2D eigenvalue weighted by atomic mass is 32.2. The SMILES string of the molecule is CCOC(=O)c1[nH]c(COC(=O)CSC(=O)c2ccccc2)c(C(C)=O)c1C. The number of H-pyrrole nitrogens is 1. The first-order valence-electron chi connectivity index (χ1n) is 8.62. The number of carbonyl (C=O) groups excluding carboxylic acids is 4. The molecule has 0 fully saturated rings. The largest absolute Gasteiger partial charge is 0.461 e. The standard InChI is InChI=1S/C20H21NO6S/c1-4-26-19(24)18-12(2)17(13(3)22)15(21-18)10-27-16(23)11-28-20(25)14-8-6-5-7-9-14/h5-9,21H,4,10-11H2,1-3H3. The van der Waals surface area contributed by atoms with E-state index < -0.39 is 11.9 Å². The molecule has 0 saturated heterocycles. The lowest BCUT2D eigenvalue weighted by molar-refractivity contribution is -0.141. The predicted octanol–water partition coefficient (Wildman–Crippen LogP) is 3.32. The zero-order chi connectivity index (χ0) is 20.7. The molecule has 7 nitrogen and oxygen atoms in total. The number of esters is 2. The first-order valence-corrected chi connectivity index (χ1v) is 9.61. The van der Waals surface area contributed by atoms with E-state index in [9.17, 15) is 19.2 Å². The summed E-state index contributed by atoms with van der Waals surface area (Å²) in [7, 11) is 0. The van der Waals surface area contributed by atoms with Gasteiger partial charge in [-0.15, -0.1) is 0 Å². The van der Waals surface area contributed by atoms with Gasteiger partial charge >= 0.3 is 11.9 Å². The maximum atomic E-state index is 12.0. The number of ether oxygens (including phenoxy) is 2. The fourth-order valence-electron chi connectivity index (χ4n) is 2.63. The molecule has 0 saturated carbocycles. The Kier molecular flexibility index (Phi) is 7.57. The minimum absolute atomic E-state index is 0.159. The Balaban J connectivity index is 2.00. The van der Waals surface area contributed by atoms with Gasteiger partial charge in [0, 0.05) is 11.1 Å². The Hall–Kier alpha value is -2.87. The summed E-state index contributed by atoms with van der Waals surface area (Å²) in [5.74, 6) is -1.60. The summed E-state index contributed by atoms with van der Waals surface area (Å²) in [6.07, 6.45) is 0. The van der Waals surface area contributed by atoms with Crippen molar-refractivity contribution in [2.75, 3.05) is 12.4 Å². The molecular formula is C20H21NO6S. The molecule has 148 valence electrons. The summed E-state index contributed by atoms with van der Waals surface area (Å²) in [6.45, 7) is 4.65. The highest BCUT2D eigenvalue weighted by molar-refractivity contribution is 8.14. The van der Waals surface area contributed by atoms with Crippen molar-refractivity contribution in [3.8, 4) is 0 Å². The van der Waals surface area contributed by atoms with Gasteiger partial charge in [-0.25, -0.2) is 4.79 Å². The molecule has 0 radical (unpaired) electrons. The van der Waals surface area contributed by atoms with E-state index in [1.165, 1.54) is 6.92 Å². The molecule has 28 heavy (non-hydrogen) atoms. The molecule has 0 aliphatic rings. The maximum absolute atomic E-state index is 12.0. The number of nitrogens with one attached hydrogen (secondary N) is 1. The van der Waals surface area contributed by atoms with Crippen molar-refractivity contribution in [3.63, 3.8) is 0 Å². The van der Waals surface area contributed by atoms with Crippen LogP contribution in [0.4, 0.5) is 0 Å². The van der Waals surface area contributed by atoms with Crippen molar-refractivity contribution < 1.29 is 28.7 Å². The number of aromatic nitrogens is 1. The molecule has 2 rings (SSSR count). The van der Waals surface area contributed by atoms with Crippen molar-refractivity contribution in [1.82, 2.24) is 4.98 Å². The quantitative estimate of drug-likeness (QED) is 0.533. The average Bonchev–Trinajstić information content (AvgIpc) is 3.01. The van der Waals surface area contributed by atoms with E-state index in [0.717, 1.165) is 11.8 Å². The number of aromatic amines is 1. The minimum Gasteiger partial charge on any atom is -0.461 e. The van der Waals surface area contributed by atoms with Gasteiger partial charge in [-0.05, 0) is 26.3 Å². The van der Waals surface area contributed by atoms with Gasteiger partial charge in [0.05, 0.1) is 18.1 Å².